The average molecular weight is 496 g/mol. The lowest BCUT2D eigenvalue weighted by molar-refractivity contribution is 0.574. The minimum atomic E-state index is -0.197. The van der Waals surface area contributed by atoms with Gasteiger partial charge in [-0.1, -0.05) is 54.1 Å². The fourth-order valence-electron chi connectivity index (χ4n) is 4.52. The highest BCUT2D eigenvalue weighted by atomic mass is 16.3. The van der Waals surface area contributed by atoms with E-state index in [1.807, 2.05) is 79.7 Å². The summed E-state index contributed by atoms with van der Waals surface area (Å²) in [5.41, 5.74) is 11.7. The van der Waals surface area contributed by atoms with Crippen LogP contribution in [-0.4, -0.2) is 14.5 Å². The zero-order valence-corrected chi connectivity index (χ0v) is 20.4. The first-order valence-corrected chi connectivity index (χ1v) is 12.0. The van der Waals surface area contributed by atoms with Crippen molar-refractivity contribution in [2.24, 2.45) is 0 Å². The molecule has 0 aliphatic rings. The van der Waals surface area contributed by atoms with Crippen LogP contribution in [0, 0.1) is 18.3 Å². The number of hydrogen-bond donors (Lipinski definition) is 1. The van der Waals surface area contributed by atoms with Crippen molar-refractivity contribution in [2.75, 3.05) is 5.73 Å². The van der Waals surface area contributed by atoms with E-state index in [9.17, 15) is 10.1 Å². The molecule has 0 fully saturated rings. The molecule has 38 heavy (non-hydrogen) atoms. The number of nitriles is 1. The fraction of sp³-hybridized carbons (Fsp3) is 0.0323. The van der Waals surface area contributed by atoms with Gasteiger partial charge < -0.3 is 10.2 Å². The van der Waals surface area contributed by atoms with Gasteiger partial charge in [0.25, 0.3) is 5.56 Å². The Morgan fingerprint density at radius 2 is 1.63 bits per heavy atom. The van der Waals surface area contributed by atoms with Gasteiger partial charge in [-0.2, -0.15) is 5.26 Å². The molecule has 7 heteroatoms. The maximum Gasteiger partial charge on any atom is 0.266 e. The number of nitrogen functional groups attached to an aromatic ring is 1. The molecule has 0 spiro atoms. The minimum Gasteiger partial charge on any atom is -0.461 e. The molecule has 0 amide bonds. The van der Waals surface area contributed by atoms with Crippen LogP contribution in [0.2, 0.25) is 0 Å². The van der Waals surface area contributed by atoms with Gasteiger partial charge in [-0.3, -0.25) is 9.36 Å². The molecule has 7 nitrogen and oxygen atoms in total. The molecule has 0 saturated heterocycles. The summed E-state index contributed by atoms with van der Waals surface area (Å²) in [6, 6.07) is 30.2. The molecule has 0 bridgehead atoms. The average Bonchev–Trinajstić information content (AvgIpc) is 3.48. The van der Waals surface area contributed by atoms with Crippen molar-refractivity contribution in [1.82, 2.24) is 14.5 Å². The van der Waals surface area contributed by atoms with Gasteiger partial charge in [-0.05, 0) is 55.0 Å². The van der Waals surface area contributed by atoms with Gasteiger partial charge in [0.2, 0.25) is 0 Å². The number of furan rings is 1. The number of anilines is 1. The summed E-state index contributed by atoms with van der Waals surface area (Å²) in [7, 11) is 0. The van der Waals surface area contributed by atoms with E-state index in [0.29, 0.717) is 45.0 Å². The second-order valence-corrected chi connectivity index (χ2v) is 8.91. The van der Waals surface area contributed by atoms with Gasteiger partial charge >= 0.3 is 0 Å². The Hall–Kier alpha value is -5.48. The molecule has 3 aromatic carbocycles. The van der Waals surface area contributed by atoms with E-state index < -0.39 is 0 Å². The highest BCUT2D eigenvalue weighted by Gasteiger charge is 2.17. The zero-order chi connectivity index (χ0) is 26.2. The van der Waals surface area contributed by atoms with E-state index >= 15 is 0 Å². The molecular weight excluding hydrogens is 474 g/mol. The fourth-order valence-corrected chi connectivity index (χ4v) is 4.52. The molecule has 6 rings (SSSR count). The largest absolute Gasteiger partial charge is 0.461 e. The minimum absolute atomic E-state index is 0.166. The summed E-state index contributed by atoms with van der Waals surface area (Å²) < 4.78 is 7.15. The third kappa shape index (κ3) is 3.91. The first-order chi connectivity index (χ1) is 18.5. The molecule has 6 aromatic rings. The summed E-state index contributed by atoms with van der Waals surface area (Å²) in [6.45, 7) is 2.01. The predicted molar refractivity (Wildman–Crippen MR) is 148 cm³/mol. The van der Waals surface area contributed by atoms with Gasteiger partial charge in [0.05, 0.1) is 28.5 Å². The van der Waals surface area contributed by atoms with Crippen LogP contribution in [0.4, 0.5) is 5.82 Å². The maximum atomic E-state index is 13.6. The molecule has 0 aliphatic heterocycles. The Kier molecular flexibility index (Phi) is 5.55. The summed E-state index contributed by atoms with van der Waals surface area (Å²) in [6.07, 6.45) is 1.55. The molecule has 0 aliphatic carbocycles. The second-order valence-electron chi connectivity index (χ2n) is 8.91. The molecule has 2 N–H and O–H groups in total. The van der Waals surface area contributed by atoms with E-state index in [1.165, 1.54) is 0 Å². The standard InChI is InChI=1S/C31H21N5O2/c1-19-8-10-20(11-9-19)24-17-27(34-29(33)25(24)18-32)21-12-14-22(15-13-21)36-30(28-7-4-16-38-28)35-26-6-3-2-5-23(26)31(36)37/h2-17H,1H3,(H2,33,34). The number of nitrogens with zero attached hydrogens (tertiary/aromatic N) is 4. The van der Waals surface area contributed by atoms with Crippen molar-refractivity contribution in [3.8, 4) is 45.7 Å². The van der Waals surface area contributed by atoms with E-state index in [-0.39, 0.29) is 11.4 Å². The zero-order valence-electron chi connectivity index (χ0n) is 20.4. The number of nitrogens with two attached hydrogens (primary N) is 1. The van der Waals surface area contributed by atoms with Gasteiger partial charge in [0.15, 0.2) is 11.6 Å². The van der Waals surface area contributed by atoms with Gasteiger partial charge in [0.1, 0.15) is 17.5 Å². The molecule has 0 saturated carbocycles. The van der Waals surface area contributed by atoms with Crippen LogP contribution in [0.1, 0.15) is 11.1 Å². The van der Waals surface area contributed by atoms with Crippen molar-refractivity contribution < 1.29 is 4.42 Å². The maximum absolute atomic E-state index is 13.6. The summed E-state index contributed by atoms with van der Waals surface area (Å²) in [4.78, 5) is 22.8. The summed E-state index contributed by atoms with van der Waals surface area (Å²) >= 11 is 0. The van der Waals surface area contributed by atoms with E-state index in [1.54, 1.807) is 29.0 Å². The van der Waals surface area contributed by atoms with Crippen LogP contribution < -0.4 is 11.3 Å². The summed E-state index contributed by atoms with van der Waals surface area (Å²) in [5, 5.41) is 10.2. The lowest BCUT2D eigenvalue weighted by atomic mass is 9.97. The van der Waals surface area contributed by atoms with Crippen molar-refractivity contribution in [2.45, 2.75) is 6.92 Å². The second kappa shape index (κ2) is 9.19. The highest BCUT2D eigenvalue weighted by molar-refractivity contribution is 5.81. The van der Waals surface area contributed by atoms with Crippen LogP contribution in [0.15, 0.2) is 106 Å². The molecule has 3 aromatic heterocycles. The Bertz CT molecular complexity index is 1900. The van der Waals surface area contributed by atoms with Gasteiger partial charge in [-0.25, -0.2) is 9.97 Å². The predicted octanol–water partition coefficient (Wildman–Crippen LogP) is 6.14. The molecule has 3 heterocycles. The Labute approximate surface area is 218 Å². The van der Waals surface area contributed by atoms with E-state index in [0.717, 1.165) is 16.7 Å². The topological polar surface area (TPSA) is 111 Å². The van der Waals surface area contributed by atoms with Gasteiger partial charge in [-0.15, -0.1) is 0 Å². The number of para-hydroxylation sites is 1. The monoisotopic (exact) mass is 495 g/mol. The van der Waals surface area contributed by atoms with Crippen LogP contribution in [0.25, 0.3) is 50.6 Å². The van der Waals surface area contributed by atoms with Crippen LogP contribution in [0.5, 0.6) is 0 Å². The quantitative estimate of drug-likeness (QED) is 0.315. The first kappa shape index (κ1) is 23.0. The molecule has 0 unspecified atom stereocenters. The molecule has 0 atom stereocenters. The first-order valence-electron chi connectivity index (χ1n) is 12.0. The number of rotatable bonds is 4. The van der Waals surface area contributed by atoms with Crippen molar-refractivity contribution >= 4 is 16.7 Å². The number of aryl methyl sites for hydroxylation is 1. The number of benzene rings is 3. The van der Waals surface area contributed by atoms with Gasteiger partial charge in [0, 0.05) is 11.1 Å². The van der Waals surface area contributed by atoms with Crippen LogP contribution >= 0.6 is 0 Å². The Balaban J connectivity index is 1.48. The smallest absolute Gasteiger partial charge is 0.266 e. The number of aromatic nitrogens is 3. The SMILES string of the molecule is Cc1ccc(-c2cc(-c3ccc(-n4c(-c5ccco5)nc5ccccc5c4=O)cc3)nc(N)c2C#N)cc1. The molecular formula is C31H21N5O2. The van der Waals surface area contributed by atoms with Crippen molar-refractivity contribution in [3.63, 3.8) is 0 Å². The van der Waals surface area contributed by atoms with Crippen molar-refractivity contribution in [3.05, 3.63) is 119 Å². The van der Waals surface area contributed by atoms with E-state index in [4.69, 9.17) is 15.1 Å². The third-order valence-electron chi connectivity index (χ3n) is 6.46. The number of hydrogen-bond acceptors (Lipinski definition) is 6. The Morgan fingerprint density at radius 3 is 2.34 bits per heavy atom. The van der Waals surface area contributed by atoms with Crippen molar-refractivity contribution in [1.29, 1.82) is 5.26 Å². The highest BCUT2D eigenvalue weighted by Crippen LogP contribution is 2.32. The lowest BCUT2D eigenvalue weighted by Crippen LogP contribution is -2.21. The number of pyridine rings is 1. The number of fused-ring (bicyclic) bond motifs is 1. The Morgan fingerprint density at radius 1 is 0.895 bits per heavy atom. The normalized spacial score (nSPS) is 10.9. The lowest BCUT2D eigenvalue weighted by Gasteiger charge is -2.14. The molecule has 182 valence electrons. The van der Waals surface area contributed by atoms with Crippen LogP contribution in [0.3, 0.4) is 0 Å². The van der Waals surface area contributed by atoms with E-state index in [2.05, 4.69) is 11.1 Å². The summed E-state index contributed by atoms with van der Waals surface area (Å²) in [5.74, 6) is 1.06. The molecule has 0 radical (unpaired) electrons. The third-order valence-corrected chi connectivity index (χ3v) is 6.46. The van der Waals surface area contributed by atoms with Crippen LogP contribution in [-0.2, 0) is 0 Å².